The van der Waals surface area contributed by atoms with Crippen molar-refractivity contribution in [2.24, 2.45) is 11.8 Å². The summed E-state index contributed by atoms with van der Waals surface area (Å²) in [5.74, 6) is 1.26. The fourth-order valence-corrected chi connectivity index (χ4v) is 10.4. The van der Waals surface area contributed by atoms with Crippen LogP contribution in [0.2, 0.25) is 0 Å². The SMILES string of the molecule is CC(C)Cc1cccc2c1sc1c(-c3ccc4[nH]c5ccc(-c6cccc7c6sc6c(CC(C)C)cccc67)cc5c4c3)cccc12. The molecule has 9 aromatic rings. The predicted octanol–water partition coefficient (Wildman–Crippen LogP) is 13.8. The summed E-state index contributed by atoms with van der Waals surface area (Å²) in [5, 5.41) is 8.05. The first-order chi connectivity index (χ1) is 22.9. The Bertz CT molecular complexity index is 2460. The van der Waals surface area contributed by atoms with Gasteiger partial charge >= 0.3 is 0 Å². The van der Waals surface area contributed by atoms with Gasteiger partial charge in [0.25, 0.3) is 0 Å². The maximum absolute atomic E-state index is 3.71. The number of benzene rings is 6. The van der Waals surface area contributed by atoms with Crippen molar-refractivity contribution < 1.29 is 0 Å². The van der Waals surface area contributed by atoms with E-state index >= 15 is 0 Å². The quantitative estimate of drug-likeness (QED) is 0.186. The monoisotopic (exact) mass is 643 g/mol. The second kappa shape index (κ2) is 11.1. The van der Waals surface area contributed by atoms with Gasteiger partial charge in [-0.15, -0.1) is 22.7 Å². The topological polar surface area (TPSA) is 15.8 Å². The van der Waals surface area contributed by atoms with Gasteiger partial charge in [-0.2, -0.15) is 0 Å². The van der Waals surface area contributed by atoms with Gasteiger partial charge in [-0.25, -0.2) is 0 Å². The van der Waals surface area contributed by atoms with Crippen molar-refractivity contribution in [2.75, 3.05) is 0 Å². The molecule has 0 saturated heterocycles. The molecule has 9 rings (SSSR count). The Kier molecular flexibility index (Phi) is 6.78. The third kappa shape index (κ3) is 4.71. The minimum Gasteiger partial charge on any atom is -0.355 e. The van der Waals surface area contributed by atoms with E-state index in [1.165, 1.54) is 95.5 Å². The molecule has 0 aliphatic rings. The molecule has 47 heavy (non-hydrogen) atoms. The largest absolute Gasteiger partial charge is 0.355 e. The Morgan fingerprint density at radius 1 is 0.447 bits per heavy atom. The van der Waals surface area contributed by atoms with Crippen LogP contribution in [0.1, 0.15) is 38.8 Å². The van der Waals surface area contributed by atoms with Crippen LogP contribution in [-0.2, 0) is 12.8 Å². The highest BCUT2D eigenvalue weighted by Gasteiger charge is 2.17. The number of aromatic amines is 1. The number of hydrogen-bond donors (Lipinski definition) is 1. The molecule has 0 amide bonds. The van der Waals surface area contributed by atoms with E-state index in [0.29, 0.717) is 11.8 Å². The summed E-state index contributed by atoms with van der Waals surface area (Å²) < 4.78 is 5.64. The zero-order valence-corrected chi connectivity index (χ0v) is 28.9. The standard InChI is InChI=1S/C44H37NS2/c1-25(2)21-29-9-5-13-33-35-15-7-11-31(43(35)46-41(29)33)27-17-19-39-37(23-27)38-24-28(18-20-40(38)45-39)32-12-8-16-36-34-14-6-10-30(22-26(3)4)42(34)47-44(32)36/h5-20,23-26,45H,21-22H2,1-4H3. The zero-order valence-electron chi connectivity index (χ0n) is 27.3. The molecule has 0 radical (unpaired) electrons. The van der Waals surface area contributed by atoms with Crippen LogP contribution in [0.25, 0.3) is 84.4 Å². The van der Waals surface area contributed by atoms with Crippen molar-refractivity contribution >= 4 is 84.8 Å². The minimum atomic E-state index is 0.632. The number of nitrogens with one attached hydrogen (secondary N) is 1. The molecule has 6 aromatic carbocycles. The Hall–Kier alpha value is -4.44. The Morgan fingerprint density at radius 2 is 0.851 bits per heavy atom. The fourth-order valence-electron chi connectivity index (χ4n) is 7.65. The van der Waals surface area contributed by atoms with Crippen molar-refractivity contribution in [1.82, 2.24) is 4.98 Å². The summed E-state index contributed by atoms with van der Waals surface area (Å²) in [7, 11) is 0. The molecular weight excluding hydrogens is 607 g/mol. The highest BCUT2D eigenvalue weighted by molar-refractivity contribution is 7.27. The van der Waals surface area contributed by atoms with E-state index in [1.54, 1.807) is 0 Å². The van der Waals surface area contributed by atoms with Gasteiger partial charge < -0.3 is 4.98 Å². The van der Waals surface area contributed by atoms with Crippen molar-refractivity contribution in [2.45, 2.75) is 40.5 Å². The third-order valence-electron chi connectivity index (χ3n) is 9.69. The number of aromatic nitrogens is 1. The van der Waals surface area contributed by atoms with Crippen LogP contribution in [-0.4, -0.2) is 4.98 Å². The smallest absolute Gasteiger partial charge is 0.0465 e. The lowest BCUT2D eigenvalue weighted by molar-refractivity contribution is 0.650. The van der Waals surface area contributed by atoms with Crippen molar-refractivity contribution in [3.8, 4) is 22.3 Å². The molecular formula is C44H37NS2. The van der Waals surface area contributed by atoms with E-state index < -0.39 is 0 Å². The van der Waals surface area contributed by atoms with Gasteiger partial charge in [-0.3, -0.25) is 0 Å². The van der Waals surface area contributed by atoms with E-state index in [2.05, 4.69) is 142 Å². The molecule has 3 aromatic heterocycles. The Balaban J connectivity index is 1.20. The summed E-state index contributed by atoms with van der Waals surface area (Å²) in [6.07, 6.45) is 2.22. The van der Waals surface area contributed by atoms with Crippen LogP contribution in [0.5, 0.6) is 0 Å². The maximum atomic E-state index is 3.71. The molecule has 0 unspecified atom stereocenters. The van der Waals surface area contributed by atoms with Crippen molar-refractivity contribution in [1.29, 1.82) is 0 Å². The molecule has 0 fully saturated rings. The number of fused-ring (bicyclic) bond motifs is 9. The fraction of sp³-hybridized carbons (Fsp3) is 0.182. The summed E-state index contributed by atoms with van der Waals surface area (Å²) in [6.45, 7) is 9.25. The molecule has 1 nitrogen and oxygen atoms in total. The molecule has 3 heteroatoms. The van der Waals surface area contributed by atoms with Gasteiger partial charge in [0, 0.05) is 62.2 Å². The molecule has 0 aliphatic carbocycles. The van der Waals surface area contributed by atoms with Gasteiger partial charge in [0.1, 0.15) is 0 Å². The van der Waals surface area contributed by atoms with E-state index in [9.17, 15) is 0 Å². The van der Waals surface area contributed by atoms with E-state index in [4.69, 9.17) is 0 Å². The minimum absolute atomic E-state index is 0.632. The normalized spacial score (nSPS) is 12.4. The maximum Gasteiger partial charge on any atom is 0.0465 e. The van der Waals surface area contributed by atoms with Gasteiger partial charge in [-0.05, 0) is 82.3 Å². The second-order valence-corrected chi connectivity index (χ2v) is 16.0. The molecule has 0 saturated carbocycles. The first kappa shape index (κ1) is 28.8. The Labute approximate surface area is 283 Å². The average molecular weight is 644 g/mol. The van der Waals surface area contributed by atoms with Gasteiger partial charge in [-0.1, -0.05) is 113 Å². The molecule has 230 valence electrons. The number of rotatable bonds is 6. The summed E-state index contributed by atoms with van der Waals surface area (Å²) in [5.41, 5.74) is 10.5. The van der Waals surface area contributed by atoms with E-state index in [-0.39, 0.29) is 0 Å². The van der Waals surface area contributed by atoms with Gasteiger partial charge in [0.2, 0.25) is 0 Å². The first-order valence-corrected chi connectivity index (χ1v) is 18.5. The summed E-state index contributed by atoms with van der Waals surface area (Å²) in [4.78, 5) is 3.71. The number of H-pyrrole nitrogens is 1. The average Bonchev–Trinajstić information content (AvgIpc) is 3.76. The highest BCUT2D eigenvalue weighted by atomic mass is 32.1. The molecule has 1 N–H and O–H groups in total. The van der Waals surface area contributed by atoms with Crippen LogP contribution in [0.15, 0.2) is 109 Å². The van der Waals surface area contributed by atoms with Crippen LogP contribution >= 0.6 is 22.7 Å². The number of hydrogen-bond acceptors (Lipinski definition) is 2. The molecule has 0 spiro atoms. The van der Waals surface area contributed by atoms with Gasteiger partial charge in [0.15, 0.2) is 0 Å². The van der Waals surface area contributed by atoms with E-state index in [1.807, 2.05) is 22.7 Å². The second-order valence-electron chi connectivity index (χ2n) is 14.0. The summed E-state index contributed by atoms with van der Waals surface area (Å²) >= 11 is 3.93. The zero-order chi connectivity index (χ0) is 31.8. The van der Waals surface area contributed by atoms with Crippen molar-refractivity contribution in [3.63, 3.8) is 0 Å². The lowest BCUT2D eigenvalue weighted by Gasteiger charge is -2.06. The van der Waals surface area contributed by atoms with Crippen LogP contribution in [0.3, 0.4) is 0 Å². The number of thiophene rings is 2. The molecule has 0 aliphatic heterocycles. The molecule has 0 bridgehead atoms. The first-order valence-electron chi connectivity index (χ1n) is 16.9. The Morgan fingerprint density at radius 3 is 1.28 bits per heavy atom. The van der Waals surface area contributed by atoms with Crippen LogP contribution < -0.4 is 0 Å². The molecule has 3 heterocycles. The predicted molar refractivity (Wildman–Crippen MR) is 210 cm³/mol. The lowest BCUT2D eigenvalue weighted by Crippen LogP contribution is -1.93. The summed E-state index contributed by atoms with van der Waals surface area (Å²) in [6, 6.07) is 41.3. The third-order valence-corrected chi connectivity index (χ3v) is 12.3. The highest BCUT2D eigenvalue weighted by Crippen LogP contribution is 2.44. The van der Waals surface area contributed by atoms with Crippen LogP contribution in [0, 0.1) is 11.8 Å². The van der Waals surface area contributed by atoms with Crippen molar-refractivity contribution in [3.05, 3.63) is 120 Å². The molecule has 0 atom stereocenters. The lowest BCUT2D eigenvalue weighted by atomic mass is 9.97. The van der Waals surface area contributed by atoms with Crippen LogP contribution in [0.4, 0.5) is 0 Å². The van der Waals surface area contributed by atoms with Gasteiger partial charge in [0.05, 0.1) is 0 Å². The van der Waals surface area contributed by atoms with E-state index in [0.717, 1.165) is 12.8 Å².